The van der Waals surface area contributed by atoms with Crippen molar-refractivity contribution in [2.45, 2.75) is 13.8 Å². The third-order valence-corrected chi connectivity index (χ3v) is 2.56. The van der Waals surface area contributed by atoms with E-state index in [0.29, 0.717) is 0 Å². The fourth-order valence-electron chi connectivity index (χ4n) is 1.73. The summed E-state index contributed by atoms with van der Waals surface area (Å²) in [5.41, 5.74) is 3.32. The first-order chi connectivity index (χ1) is 6.20. The van der Waals surface area contributed by atoms with E-state index in [1.807, 2.05) is 12.1 Å². The van der Waals surface area contributed by atoms with Crippen molar-refractivity contribution in [1.82, 2.24) is 0 Å². The minimum absolute atomic E-state index is 0.885. The Kier molecular flexibility index (Phi) is 1.88. The SMILES string of the molecule is [B]c1cc(C)c2ccccc2c1C. The van der Waals surface area contributed by atoms with Crippen LogP contribution in [0.3, 0.4) is 0 Å². The number of hydrogen-bond acceptors (Lipinski definition) is 0. The Morgan fingerprint density at radius 1 is 1.00 bits per heavy atom. The molecule has 0 spiro atoms. The maximum Gasteiger partial charge on any atom is 0.114 e. The highest BCUT2D eigenvalue weighted by Crippen LogP contribution is 2.19. The Morgan fingerprint density at radius 2 is 1.62 bits per heavy atom. The molecule has 2 aromatic carbocycles. The van der Waals surface area contributed by atoms with Gasteiger partial charge in [0.25, 0.3) is 0 Å². The fourth-order valence-corrected chi connectivity index (χ4v) is 1.73. The molecule has 0 fully saturated rings. The Bertz CT molecular complexity index is 458. The van der Waals surface area contributed by atoms with E-state index in [0.717, 1.165) is 5.46 Å². The minimum atomic E-state index is 0.885. The number of hydrogen-bond donors (Lipinski definition) is 0. The van der Waals surface area contributed by atoms with Crippen molar-refractivity contribution in [2.75, 3.05) is 0 Å². The van der Waals surface area contributed by atoms with Gasteiger partial charge < -0.3 is 0 Å². The van der Waals surface area contributed by atoms with E-state index in [1.54, 1.807) is 0 Å². The second-order valence-corrected chi connectivity index (χ2v) is 3.45. The zero-order valence-corrected chi connectivity index (χ0v) is 7.96. The zero-order chi connectivity index (χ0) is 9.42. The van der Waals surface area contributed by atoms with Crippen LogP contribution in [0.2, 0.25) is 0 Å². The van der Waals surface area contributed by atoms with Gasteiger partial charge in [-0.2, -0.15) is 0 Å². The summed E-state index contributed by atoms with van der Waals surface area (Å²) in [5, 5.41) is 2.56. The number of fused-ring (bicyclic) bond motifs is 1. The second-order valence-electron chi connectivity index (χ2n) is 3.45. The highest BCUT2D eigenvalue weighted by molar-refractivity contribution is 6.34. The summed E-state index contributed by atoms with van der Waals surface area (Å²) >= 11 is 0. The van der Waals surface area contributed by atoms with Gasteiger partial charge in [-0.05, 0) is 30.2 Å². The average molecular weight is 166 g/mol. The van der Waals surface area contributed by atoms with Crippen molar-refractivity contribution < 1.29 is 0 Å². The molecule has 0 nitrogen and oxygen atoms in total. The van der Waals surface area contributed by atoms with Gasteiger partial charge in [-0.15, -0.1) is 0 Å². The van der Waals surface area contributed by atoms with Crippen molar-refractivity contribution in [2.24, 2.45) is 0 Å². The quantitative estimate of drug-likeness (QED) is 0.526. The van der Waals surface area contributed by atoms with Gasteiger partial charge in [0.2, 0.25) is 0 Å². The topological polar surface area (TPSA) is 0 Å². The van der Waals surface area contributed by atoms with E-state index < -0.39 is 0 Å². The van der Waals surface area contributed by atoms with Gasteiger partial charge in [-0.1, -0.05) is 41.4 Å². The van der Waals surface area contributed by atoms with Crippen molar-refractivity contribution in [3.63, 3.8) is 0 Å². The molecule has 2 aromatic rings. The number of aryl methyl sites for hydroxylation is 2. The summed E-state index contributed by atoms with van der Waals surface area (Å²) < 4.78 is 0. The van der Waals surface area contributed by atoms with Crippen LogP contribution in [0.15, 0.2) is 30.3 Å². The van der Waals surface area contributed by atoms with Crippen molar-refractivity contribution >= 4 is 24.1 Å². The molecule has 2 rings (SSSR count). The highest BCUT2D eigenvalue weighted by atomic mass is 14.0. The summed E-state index contributed by atoms with van der Waals surface area (Å²) in [6, 6.07) is 10.4. The number of benzene rings is 2. The monoisotopic (exact) mass is 166 g/mol. The van der Waals surface area contributed by atoms with E-state index in [1.165, 1.54) is 21.9 Å². The molecule has 0 heterocycles. The van der Waals surface area contributed by atoms with Crippen LogP contribution >= 0.6 is 0 Å². The van der Waals surface area contributed by atoms with Gasteiger partial charge in [0, 0.05) is 0 Å². The first kappa shape index (κ1) is 8.37. The van der Waals surface area contributed by atoms with Crippen LogP contribution in [0.1, 0.15) is 11.1 Å². The predicted octanol–water partition coefficient (Wildman–Crippen LogP) is 2.25. The lowest BCUT2D eigenvalue weighted by Gasteiger charge is -2.08. The fraction of sp³-hybridized carbons (Fsp3) is 0.167. The van der Waals surface area contributed by atoms with E-state index in [4.69, 9.17) is 7.85 Å². The molecule has 0 saturated carbocycles. The molecular formula is C12H11B. The van der Waals surface area contributed by atoms with E-state index in [9.17, 15) is 0 Å². The van der Waals surface area contributed by atoms with Crippen LogP contribution in [-0.4, -0.2) is 7.85 Å². The molecule has 0 aromatic heterocycles. The van der Waals surface area contributed by atoms with Crippen LogP contribution in [0, 0.1) is 13.8 Å². The van der Waals surface area contributed by atoms with Crippen molar-refractivity contribution in [1.29, 1.82) is 0 Å². The third kappa shape index (κ3) is 1.25. The van der Waals surface area contributed by atoms with Gasteiger partial charge in [-0.3, -0.25) is 0 Å². The van der Waals surface area contributed by atoms with Crippen LogP contribution in [0.4, 0.5) is 0 Å². The Morgan fingerprint density at radius 3 is 2.31 bits per heavy atom. The highest BCUT2D eigenvalue weighted by Gasteiger charge is 2.01. The van der Waals surface area contributed by atoms with Gasteiger partial charge >= 0.3 is 0 Å². The summed E-state index contributed by atoms with van der Waals surface area (Å²) in [6.45, 7) is 4.16. The molecule has 0 aliphatic heterocycles. The standard InChI is InChI=1S/C12H11B/c1-8-7-12(13)9(2)11-6-4-3-5-10(8)11/h3-7H,1-2H3. The molecule has 0 unspecified atom stereocenters. The van der Waals surface area contributed by atoms with Crippen LogP contribution < -0.4 is 5.46 Å². The minimum Gasteiger partial charge on any atom is -0.0929 e. The number of rotatable bonds is 0. The molecule has 13 heavy (non-hydrogen) atoms. The van der Waals surface area contributed by atoms with Gasteiger partial charge in [0.1, 0.15) is 7.85 Å². The van der Waals surface area contributed by atoms with E-state index in [-0.39, 0.29) is 0 Å². The first-order valence-corrected chi connectivity index (χ1v) is 4.44. The van der Waals surface area contributed by atoms with Gasteiger partial charge in [-0.25, -0.2) is 0 Å². The lowest BCUT2D eigenvalue weighted by Crippen LogP contribution is -2.08. The molecule has 0 aliphatic rings. The summed E-state index contributed by atoms with van der Waals surface area (Å²) in [6.07, 6.45) is 0. The van der Waals surface area contributed by atoms with E-state index in [2.05, 4.69) is 32.0 Å². The van der Waals surface area contributed by atoms with Gasteiger partial charge in [0.05, 0.1) is 0 Å². The first-order valence-electron chi connectivity index (χ1n) is 4.44. The molecule has 2 radical (unpaired) electrons. The molecular weight excluding hydrogens is 155 g/mol. The maximum atomic E-state index is 5.89. The lowest BCUT2D eigenvalue weighted by molar-refractivity contribution is 1.49. The molecule has 0 bridgehead atoms. The zero-order valence-electron chi connectivity index (χ0n) is 7.96. The smallest absolute Gasteiger partial charge is 0.0929 e. The average Bonchev–Trinajstić information content (AvgIpc) is 2.15. The lowest BCUT2D eigenvalue weighted by atomic mass is 9.86. The molecule has 1 heteroatoms. The predicted molar refractivity (Wildman–Crippen MR) is 58.8 cm³/mol. The molecule has 0 saturated heterocycles. The summed E-state index contributed by atoms with van der Waals surface area (Å²) in [4.78, 5) is 0. The van der Waals surface area contributed by atoms with Crippen LogP contribution in [-0.2, 0) is 0 Å². The molecule has 0 aliphatic carbocycles. The summed E-state index contributed by atoms with van der Waals surface area (Å²) in [7, 11) is 5.89. The third-order valence-electron chi connectivity index (χ3n) is 2.56. The molecule has 0 atom stereocenters. The molecule has 0 N–H and O–H groups in total. The van der Waals surface area contributed by atoms with Crippen molar-refractivity contribution in [3.8, 4) is 0 Å². The van der Waals surface area contributed by atoms with Crippen molar-refractivity contribution in [3.05, 3.63) is 41.5 Å². The van der Waals surface area contributed by atoms with Crippen LogP contribution in [0.5, 0.6) is 0 Å². The summed E-state index contributed by atoms with van der Waals surface area (Å²) in [5.74, 6) is 0. The Labute approximate surface area is 80.0 Å². The Balaban J connectivity index is 2.97. The maximum absolute atomic E-state index is 5.89. The van der Waals surface area contributed by atoms with Gasteiger partial charge in [0.15, 0.2) is 0 Å². The largest absolute Gasteiger partial charge is 0.114 e. The van der Waals surface area contributed by atoms with E-state index >= 15 is 0 Å². The molecule has 0 amide bonds. The molecule has 62 valence electrons. The Hall–Kier alpha value is -1.24. The second kappa shape index (κ2) is 2.92. The van der Waals surface area contributed by atoms with Crippen LogP contribution in [0.25, 0.3) is 10.8 Å². The normalized spacial score (nSPS) is 10.6.